The Kier molecular flexibility index (Phi) is 6.74. The highest BCUT2D eigenvalue weighted by Crippen LogP contribution is 2.18. The van der Waals surface area contributed by atoms with E-state index in [1.165, 1.54) is 0 Å². The molecular formula is C16H29BrN2O4. The lowest BCUT2D eigenvalue weighted by atomic mass is 10.1. The zero-order chi connectivity index (χ0) is 17.8. The number of carbonyl (C=O) groups is 2. The molecule has 1 fully saturated rings. The minimum atomic E-state index is -0.530. The number of ether oxygens (including phenoxy) is 2. The second-order valence-corrected chi connectivity index (χ2v) is 8.52. The fraction of sp³-hybridized carbons (Fsp3) is 0.875. The van der Waals surface area contributed by atoms with Gasteiger partial charge in [0, 0.05) is 37.4 Å². The third-order valence-corrected chi connectivity index (χ3v) is 4.03. The fourth-order valence-corrected chi connectivity index (χ4v) is 2.60. The highest BCUT2D eigenvalue weighted by molar-refractivity contribution is 9.09. The quantitative estimate of drug-likeness (QED) is 0.640. The van der Waals surface area contributed by atoms with Crippen molar-refractivity contribution in [3.8, 4) is 0 Å². The van der Waals surface area contributed by atoms with E-state index in [0.717, 1.165) is 0 Å². The van der Waals surface area contributed by atoms with Crippen LogP contribution in [0.2, 0.25) is 0 Å². The summed E-state index contributed by atoms with van der Waals surface area (Å²) in [6.07, 6.45) is -0.677. The van der Waals surface area contributed by atoms with Gasteiger partial charge in [0.05, 0.1) is 0 Å². The lowest BCUT2D eigenvalue weighted by Gasteiger charge is -2.27. The maximum absolute atomic E-state index is 12.3. The molecule has 2 amide bonds. The number of amides is 2. The van der Waals surface area contributed by atoms with Gasteiger partial charge < -0.3 is 19.3 Å². The van der Waals surface area contributed by atoms with Gasteiger partial charge in [0.25, 0.3) is 0 Å². The molecule has 0 saturated carbocycles. The predicted molar refractivity (Wildman–Crippen MR) is 92.9 cm³/mol. The maximum Gasteiger partial charge on any atom is 0.410 e. The molecule has 0 unspecified atom stereocenters. The molecule has 0 aromatic carbocycles. The first-order valence-corrected chi connectivity index (χ1v) is 9.05. The van der Waals surface area contributed by atoms with Crippen LogP contribution in [0, 0.1) is 5.92 Å². The molecule has 0 aromatic rings. The van der Waals surface area contributed by atoms with Crippen LogP contribution in [0.15, 0.2) is 0 Å². The summed E-state index contributed by atoms with van der Waals surface area (Å²) in [4.78, 5) is 27.9. The zero-order valence-corrected chi connectivity index (χ0v) is 16.6. The lowest BCUT2D eigenvalue weighted by Crippen LogP contribution is -2.41. The van der Waals surface area contributed by atoms with Gasteiger partial charge in [-0.3, -0.25) is 0 Å². The van der Waals surface area contributed by atoms with Crippen molar-refractivity contribution >= 4 is 28.1 Å². The Bertz CT molecular complexity index is 391. The summed E-state index contributed by atoms with van der Waals surface area (Å²) in [7, 11) is 0. The standard InChI is InChI=1S/C16H29BrN2O4/c1-15(2,3)22-13(20)18-7-8-19(11-12(9-17)10-18)14(21)23-16(4,5)6/h12H,7-11H2,1-6H3. The first-order valence-electron chi connectivity index (χ1n) is 7.93. The van der Waals surface area contributed by atoms with Crippen LogP contribution >= 0.6 is 15.9 Å². The minimum absolute atomic E-state index is 0.137. The first-order chi connectivity index (χ1) is 10.4. The monoisotopic (exact) mass is 392 g/mol. The van der Waals surface area contributed by atoms with Crippen LogP contribution in [0.4, 0.5) is 9.59 Å². The third kappa shape index (κ3) is 7.42. The Labute approximate surface area is 147 Å². The average Bonchev–Trinajstić information content (AvgIpc) is 2.57. The number of nitrogens with zero attached hydrogens (tertiary/aromatic N) is 2. The van der Waals surface area contributed by atoms with Gasteiger partial charge in [-0.05, 0) is 41.5 Å². The summed E-state index contributed by atoms with van der Waals surface area (Å²) >= 11 is 3.46. The smallest absolute Gasteiger partial charge is 0.410 e. The van der Waals surface area contributed by atoms with Crippen molar-refractivity contribution in [1.29, 1.82) is 0 Å². The molecule has 23 heavy (non-hydrogen) atoms. The van der Waals surface area contributed by atoms with Crippen LogP contribution in [-0.2, 0) is 9.47 Å². The second kappa shape index (κ2) is 7.73. The number of rotatable bonds is 1. The Hall–Kier alpha value is -0.980. The Morgan fingerprint density at radius 2 is 1.26 bits per heavy atom. The molecule has 1 saturated heterocycles. The van der Waals surface area contributed by atoms with Crippen molar-refractivity contribution in [2.45, 2.75) is 52.7 Å². The van der Waals surface area contributed by atoms with Crippen molar-refractivity contribution in [1.82, 2.24) is 9.80 Å². The molecule has 0 N–H and O–H groups in total. The van der Waals surface area contributed by atoms with E-state index >= 15 is 0 Å². The van der Waals surface area contributed by atoms with Gasteiger partial charge in [0.15, 0.2) is 0 Å². The van der Waals surface area contributed by atoms with E-state index in [2.05, 4.69) is 15.9 Å². The van der Waals surface area contributed by atoms with E-state index < -0.39 is 11.2 Å². The number of hydrogen-bond acceptors (Lipinski definition) is 4. The topological polar surface area (TPSA) is 59.1 Å². The predicted octanol–water partition coefficient (Wildman–Crippen LogP) is 3.49. The summed E-state index contributed by atoms with van der Waals surface area (Å²) in [6.45, 7) is 13.1. The average molecular weight is 393 g/mol. The van der Waals surface area contributed by atoms with E-state index in [4.69, 9.17) is 9.47 Å². The van der Waals surface area contributed by atoms with Crippen LogP contribution < -0.4 is 0 Å². The van der Waals surface area contributed by atoms with Gasteiger partial charge in [-0.1, -0.05) is 15.9 Å². The number of alkyl halides is 1. The van der Waals surface area contributed by atoms with Gasteiger partial charge in [0.2, 0.25) is 0 Å². The van der Waals surface area contributed by atoms with Crippen molar-refractivity contribution < 1.29 is 19.1 Å². The molecule has 0 spiro atoms. The molecule has 1 heterocycles. The number of hydrogen-bond donors (Lipinski definition) is 0. The molecule has 1 aliphatic rings. The van der Waals surface area contributed by atoms with E-state index in [-0.39, 0.29) is 18.1 Å². The van der Waals surface area contributed by atoms with Gasteiger partial charge in [-0.2, -0.15) is 0 Å². The van der Waals surface area contributed by atoms with Gasteiger partial charge >= 0.3 is 12.2 Å². The largest absolute Gasteiger partial charge is 0.444 e. The van der Waals surface area contributed by atoms with Crippen LogP contribution in [0.25, 0.3) is 0 Å². The van der Waals surface area contributed by atoms with Gasteiger partial charge in [-0.15, -0.1) is 0 Å². The molecule has 7 heteroatoms. The van der Waals surface area contributed by atoms with E-state index in [0.29, 0.717) is 31.5 Å². The van der Waals surface area contributed by atoms with Gasteiger partial charge in [-0.25, -0.2) is 9.59 Å². The third-order valence-electron chi connectivity index (χ3n) is 3.12. The second-order valence-electron chi connectivity index (χ2n) is 7.87. The minimum Gasteiger partial charge on any atom is -0.444 e. The van der Waals surface area contributed by atoms with E-state index in [9.17, 15) is 9.59 Å². The maximum atomic E-state index is 12.3. The SMILES string of the molecule is CC(C)(C)OC(=O)N1CCN(C(=O)OC(C)(C)C)CC(CBr)C1. The molecule has 6 nitrogen and oxygen atoms in total. The summed E-state index contributed by atoms with van der Waals surface area (Å²) < 4.78 is 10.9. The zero-order valence-electron chi connectivity index (χ0n) is 15.0. The molecule has 0 aliphatic carbocycles. The summed E-state index contributed by atoms with van der Waals surface area (Å²) in [5.41, 5.74) is -1.06. The molecule has 134 valence electrons. The molecule has 0 radical (unpaired) electrons. The first kappa shape index (κ1) is 20.1. The molecule has 0 aromatic heterocycles. The van der Waals surface area contributed by atoms with E-state index in [1.54, 1.807) is 9.80 Å². The van der Waals surface area contributed by atoms with Crippen LogP contribution in [-0.4, -0.2) is 64.7 Å². The lowest BCUT2D eigenvalue weighted by molar-refractivity contribution is 0.0200. The van der Waals surface area contributed by atoms with Crippen LogP contribution in [0.3, 0.4) is 0 Å². The fourth-order valence-electron chi connectivity index (χ4n) is 2.19. The molecule has 1 aliphatic heterocycles. The van der Waals surface area contributed by atoms with Crippen LogP contribution in [0.5, 0.6) is 0 Å². The summed E-state index contributed by atoms with van der Waals surface area (Å²) in [5, 5.41) is 0.700. The Morgan fingerprint density at radius 1 is 0.913 bits per heavy atom. The number of halogens is 1. The van der Waals surface area contributed by atoms with Gasteiger partial charge in [0.1, 0.15) is 11.2 Å². The van der Waals surface area contributed by atoms with Crippen LogP contribution in [0.1, 0.15) is 41.5 Å². The number of carbonyl (C=O) groups excluding carboxylic acids is 2. The molecular weight excluding hydrogens is 364 g/mol. The Morgan fingerprint density at radius 3 is 1.52 bits per heavy atom. The van der Waals surface area contributed by atoms with Crippen molar-refractivity contribution in [2.24, 2.45) is 5.92 Å². The summed E-state index contributed by atoms with van der Waals surface area (Å²) in [6, 6.07) is 0. The molecule has 0 bridgehead atoms. The van der Waals surface area contributed by atoms with E-state index in [1.807, 2.05) is 41.5 Å². The highest BCUT2D eigenvalue weighted by atomic mass is 79.9. The highest BCUT2D eigenvalue weighted by Gasteiger charge is 2.31. The Balaban J connectivity index is 2.75. The molecule has 0 atom stereocenters. The van der Waals surface area contributed by atoms with Crippen molar-refractivity contribution in [3.05, 3.63) is 0 Å². The summed E-state index contributed by atoms with van der Waals surface area (Å²) in [5.74, 6) is 0.137. The normalized spacial score (nSPS) is 17.7. The van der Waals surface area contributed by atoms with Crippen molar-refractivity contribution in [2.75, 3.05) is 31.5 Å². The molecule has 1 rings (SSSR count). The van der Waals surface area contributed by atoms with Crippen molar-refractivity contribution in [3.63, 3.8) is 0 Å².